The predicted octanol–water partition coefficient (Wildman–Crippen LogP) is 4.46. The van der Waals surface area contributed by atoms with Crippen molar-refractivity contribution in [1.29, 1.82) is 0 Å². The van der Waals surface area contributed by atoms with Crippen molar-refractivity contribution in [2.75, 3.05) is 38.2 Å². The molecule has 0 bridgehead atoms. The molecule has 1 fully saturated rings. The Labute approximate surface area is 185 Å². The fourth-order valence-corrected chi connectivity index (χ4v) is 4.03. The van der Waals surface area contributed by atoms with Crippen molar-refractivity contribution in [3.05, 3.63) is 70.0 Å². The Hall–Kier alpha value is -2.70. The van der Waals surface area contributed by atoms with Gasteiger partial charge in [-0.3, -0.25) is 4.79 Å². The molecule has 1 aliphatic heterocycles. The van der Waals surface area contributed by atoms with E-state index >= 15 is 0 Å². The second-order valence-corrected chi connectivity index (χ2v) is 8.03. The molecule has 1 saturated heterocycles. The summed E-state index contributed by atoms with van der Waals surface area (Å²) >= 11 is 12.3. The van der Waals surface area contributed by atoms with E-state index in [9.17, 15) is 4.79 Å². The van der Waals surface area contributed by atoms with Gasteiger partial charge in [0.2, 0.25) is 0 Å². The van der Waals surface area contributed by atoms with Gasteiger partial charge in [0.15, 0.2) is 0 Å². The van der Waals surface area contributed by atoms with Gasteiger partial charge in [0.05, 0.1) is 24.2 Å². The standard InChI is InChI=1S/C22H22Cl2N4O2/c1-15-12-20(28(25-15)18-5-3-4-16(23)13-18)22(29)27-10-8-26(9-11-27)19-14-17(24)6-7-21(19)30-2/h3-7,12-14H,8-11H2,1-2H3. The van der Waals surface area contributed by atoms with Crippen LogP contribution in [0.15, 0.2) is 48.5 Å². The van der Waals surface area contributed by atoms with E-state index in [4.69, 9.17) is 27.9 Å². The number of methoxy groups -OCH3 is 1. The molecule has 0 N–H and O–H groups in total. The second-order valence-electron chi connectivity index (χ2n) is 7.16. The molecule has 2 aromatic carbocycles. The summed E-state index contributed by atoms with van der Waals surface area (Å²) in [7, 11) is 1.64. The Morgan fingerprint density at radius 3 is 2.43 bits per heavy atom. The Morgan fingerprint density at radius 1 is 1.00 bits per heavy atom. The average molecular weight is 445 g/mol. The molecule has 0 atom stereocenters. The maximum absolute atomic E-state index is 13.3. The number of amides is 1. The Bertz CT molecular complexity index is 1070. The number of aryl methyl sites for hydroxylation is 1. The molecule has 1 aromatic heterocycles. The molecule has 30 heavy (non-hydrogen) atoms. The third-order valence-electron chi connectivity index (χ3n) is 5.15. The first-order chi connectivity index (χ1) is 14.5. The molecule has 0 spiro atoms. The number of benzene rings is 2. The Morgan fingerprint density at radius 2 is 1.73 bits per heavy atom. The number of rotatable bonds is 4. The van der Waals surface area contributed by atoms with Gasteiger partial charge in [-0.25, -0.2) is 4.68 Å². The number of halogens is 2. The highest BCUT2D eigenvalue weighted by Gasteiger charge is 2.26. The number of aromatic nitrogens is 2. The highest BCUT2D eigenvalue weighted by molar-refractivity contribution is 6.31. The molecule has 0 unspecified atom stereocenters. The summed E-state index contributed by atoms with van der Waals surface area (Å²) in [5, 5.41) is 5.76. The van der Waals surface area contributed by atoms with Crippen molar-refractivity contribution in [2.45, 2.75) is 6.92 Å². The van der Waals surface area contributed by atoms with Crippen LogP contribution in [0.2, 0.25) is 10.0 Å². The fourth-order valence-electron chi connectivity index (χ4n) is 3.68. The minimum absolute atomic E-state index is 0.0479. The van der Waals surface area contributed by atoms with Crippen LogP contribution in [0.25, 0.3) is 5.69 Å². The molecule has 2 heterocycles. The monoisotopic (exact) mass is 444 g/mol. The molecule has 1 aliphatic rings. The Balaban J connectivity index is 1.53. The molecule has 156 valence electrons. The van der Waals surface area contributed by atoms with E-state index in [1.54, 1.807) is 23.9 Å². The van der Waals surface area contributed by atoms with E-state index in [1.807, 2.05) is 48.2 Å². The molecule has 0 saturated carbocycles. The second kappa shape index (κ2) is 8.58. The lowest BCUT2D eigenvalue weighted by atomic mass is 10.2. The van der Waals surface area contributed by atoms with Gasteiger partial charge in [-0.05, 0) is 49.4 Å². The number of hydrogen-bond acceptors (Lipinski definition) is 4. The molecular weight excluding hydrogens is 423 g/mol. The third-order valence-corrected chi connectivity index (χ3v) is 5.62. The predicted molar refractivity (Wildman–Crippen MR) is 119 cm³/mol. The van der Waals surface area contributed by atoms with E-state index in [1.165, 1.54) is 0 Å². The van der Waals surface area contributed by atoms with Gasteiger partial charge < -0.3 is 14.5 Å². The van der Waals surface area contributed by atoms with E-state index in [0.29, 0.717) is 41.9 Å². The topological polar surface area (TPSA) is 50.6 Å². The van der Waals surface area contributed by atoms with Gasteiger partial charge in [-0.1, -0.05) is 29.3 Å². The highest BCUT2D eigenvalue weighted by Crippen LogP contribution is 2.32. The fraction of sp³-hybridized carbons (Fsp3) is 0.273. The zero-order valence-electron chi connectivity index (χ0n) is 16.8. The van der Waals surface area contributed by atoms with Crippen molar-refractivity contribution in [3.8, 4) is 11.4 Å². The largest absolute Gasteiger partial charge is 0.495 e. The molecular formula is C22H22Cl2N4O2. The summed E-state index contributed by atoms with van der Waals surface area (Å²) in [6.07, 6.45) is 0. The van der Waals surface area contributed by atoms with E-state index in [2.05, 4.69) is 10.00 Å². The number of piperazine rings is 1. The van der Waals surface area contributed by atoms with Gasteiger partial charge in [0.25, 0.3) is 5.91 Å². The maximum atomic E-state index is 13.3. The first kappa shape index (κ1) is 20.6. The van der Waals surface area contributed by atoms with Crippen LogP contribution in [0.3, 0.4) is 0 Å². The first-order valence-corrected chi connectivity index (χ1v) is 10.4. The minimum atomic E-state index is -0.0479. The lowest BCUT2D eigenvalue weighted by Crippen LogP contribution is -2.49. The zero-order chi connectivity index (χ0) is 21.3. The van der Waals surface area contributed by atoms with Crippen LogP contribution < -0.4 is 9.64 Å². The molecule has 6 nitrogen and oxygen atoms in total. The summed E-state index contributed by atoms with van der Waals surface area (Å²) in [4.78, 5) is 17.3. The third kappa shape index (κ3) is 4.11. The molecule has 8 heteroatoms. The molecule has 1 amide bonds. The number of carbonyl (C=O) groups excluding carboxylic acids is 1. The lowest BCUT2D eigenvalue weighted by molar-refractivity contribution is 0.0737. The van der Waals surface area contributed by atoms with Crippen LogP contribution >= 0.6 is 23.2 Å². The van der Waals surface area contributed by atoms with Crippen molar-refractivity contribution in [3.63, 3.8) is 0 Å². The van der Waals surface area contributed by atoms with E-state index in [-0.39, 0.29) is 5.91 Å². The van der Waals surface area contributed by atoms with Gasteiger partial charge in [-0.2, -0.15) is 5.10 Å². The molecule has 4 rings (SSSR count). The maximum Gasteiger partial charge on any atom is 0.272 e. The lowest BCUT2D eigenvalue weighted by Gasteiger charge is -2.36. The van der Waals surface area contributed by atoms with E-state index in [0.717, 1.165) is 22.8 Å². The smallest absolute Gasteiger partial charge is 0.272 e. The van der Waals surface area contributed by atoms with E-state index < -0.39 is 0 Å². The van der Waals surface area contributed by atoms with Crippen LogP contribution in [-0.4, -0.2) is 53.9 Å². The van der Waals surface area contributed by atoms with Crippen molar-refractivity contribution < 1.29 is 9.53 Å². The summed E-state index contributed by atoms with van der Waals surface area (Å²) in [6, 6.07) is 14.7. The van der Waals surface area contributed by atoms with Crippen LogP contribution in [-0.2, 0) is 0 Å². The number of hydrogen-bond donors (Lipinski definition) is 0. The number of nitrogens with zero attached hydrogens (tertiary/aromatic N) is 4. The molecule has 3 aromatic rings. The quantitative estimate of drug-likeness (QED) is 0.595. The van der Waals surface area contributed by atoms with Gasteiger partial charge >= 0.3 is 0 Å². The normalized spacial score (nSPS) is 14.1. The zero-order valence-corrected chi connectivity index (χ0v) is 18.3. The van der Waals surface area contributed by atoms with Crippen molar-refractivity contribution in [1.82, 2.24) is 14.7 Å². The highest BCUT2D eigenvalue weighted by atomic mass is 35.5. The van der Waals surface area contributed by atoms with Crippen LogP contribution in [0, 0.1) is 6.92 Å². The van der Waals surface area contributed by atoms with Gasteiger partial charge in [-0.15, -0.1) is 0 Å². The number of ether oxygens (including phenoxy) is 1. The molecule has 0 aliphatic carbocycles. The number of carbonyl (C=O) groups is 1. The number of anilines is 1. The summed E-state index contributed by atoms with van der Waals surface area (Å²) in [5.41, 5.74) is 3.02. The minimum Gasteiger partial charge on any atom is -0.495 e. The van der Waals surface area contributed by atoms with Crippen molar-refractivity contribution in [2.24, 2.45) is 0 Å². The Kier molecular flexibility index (Phi) is 5.88. The first-order valence-electron chi connectivity index (χ1n) is 9.66. The van der Waals surface area contributed by atoms with Crippen LogP contribution in [0.4, 0.5) is 5.69 Å². The summed E-state index contributed by atoms with van der Waals surface area (Å²) < 4.78 is 7.13. The van der Waals surface area contributed by atoms with Crippen molar-refractivity contribution >= 4 is 34.8 Å². The summed E-state index contributed by atoms with van der Waals surface area (Å²) in [5.74, 6) is 0.724. The van der Waals surface area contributed by atoms with Gasteiger partial charge in [0, 0.05) is 36.2 Å². The SMILES string of the molecule is COc1ccc(Cl)cc1N1CCN(C(=O)c2cc(C)nn2-c2cccc(Cl)c2)CC1. The van der Waals surface area contributed by atoms with Crippen LogP contribution in [0.5, 0.6) is 5.75 Å². The van der Waals surface area contributed by atoms with Crippen LogP contribution in [0.1, 0.15) is 16.2 Å². The average Bonchev–Trinajstić information content (AvgIpc) is 3.15. The molecule has 0 radical (unpaired) electrons. The van der Waals surface area contributed by atoms with Gasteiger partial charge in [0.1, 0.15) is 11.4 Å². The summed E-state index contributed by atoms with van der Waals surface area (Å²) in [6.45, 7) is 4.43.